The second-order valence-corrected chi connectivity index (χ2v) is 7.45. The molecule has 4 aromatic rings. The van der Waals surface area contributed by atoms with Crippen molar-refractivity contribution in [2.24, 2.45) is 0 Å². The van der Waals surface area contributed by atoms with E-state index in [2.05, 4.69) is 31.0 Å². The molecule has 9 nitrogen and oxygen atoms in total. The van der Waals surface area contributed by atoms with Crippen molar-refractivity contribution < 1.29 is 22.8 Å². The molecule has 3 aromatic heterocycles. The van der Waals surface area contributed by atoms with Gasteiger partial charge in [0.25, 0.3) is 5.91 Å². The molecule has 0 radical (unpaired) electrons. The maximum Gasteiger partial charge on any atom is 0.433 e. The lowest BCUT2D eigenvalue weighted by Gasteiger charge is -2.08. The molecule has 180 valence electrons. The number of halogens is 3. The minimum atomic E-state index is -4.65. The van der Waals surface area contributed by atoms with E-state index in [0.29, 0.717) is 35.5 Å². The number of anilines is 2. The smallest absolute Gasteiger partial charge is 0.368 e. The van der Waals surface area contributed by atoms with Gasteiger partial charge in [-0.05, 0) is 42.5 Å². The van der Waals surface area contributed by atoms with Crippen LogP contribution in [-0.4, -0.2) is 44.7 Å². The van der Waals surface area contributed by atoms with Crippen molar-refractivity contribution in [2.75, 3.05) is 23.7 Å². The number of amides is 2. The summed E-state index contributed by atoms with van der Waals surface area (Å²) in [4.78, 5) is 32.1. The first-order chi connectivity index (χ1) is 16.8. The molecule has 0 aliphatic carbocycles. The molecule has 0 unspecified atom stereocenters. The number of carbonyl (C=O) groups is 2. The molecule has 3 N–H and O–H groups in total. The molecule has 12 heteroatoms. The number of nitrogens with one attached hydrogen (secondary N) is 3. The van der Waals surface area contributed by atoms with E-state index in [1.165, 1.54) is 10.7 Å². The predicted molar refractivity (Wildman–Crippen MR) is 123 cm³/mol. The summed E-state index contributed by atoms with van der Waals surface area (Å²) in [6, 6.07) is 13.4. The summed E-state index contributed by atoms with van der Waals surface area (Å²) in [6.07, 6.45) is -1.34. The molecule has 1 aromatic carbocycles. The normalized spacial score (nSPS) is 11.3. The summed E-state index contributed by atoms with van der Waals surface area (Å²) in [6.45, 7) is 0.900. The Bertz CT molecular complexity index is 1340. The van der Waals surface area contributed by atoms with Crippen LogP contribution in [0.4, 0.5) is 24.7 Å². The third kappa shape index (κ3) is 6.31. The Balaban J connectivity index is 1.33. The van der Waals surface area contributed by atoms with Crippen LogP contribution in [0.15, 0.2) is 67.0 Å². The highest BCUT2D eigenvalue weighted by Crippen LogP contribution is 2.27. The number of aromatic nitrogens is 4. The number of hydrogen-bond donors (Lipinski definition) is 3. The molecule has 3 heterocycles. The Morgan fingerprint density at radius 3 is 2.63 bits per heavy atom. The zero-order valence-corrected chi connectivity index (χ0v) is 18.2. The van der Waals surface area contributed by atoms with Crippen molar-refractivity contribution in [3.63, 3.8) is 0 Å². The number of pyridine rings is 2. The van der Waals surface area contributed by atoms with Crippen LogP contribution in [0.3, 0.4) is 0 Å². The molecule has 0 saturated heterocycles. The van der Waals surface area contributed by atoms with Crippen LogP contribution in [0.1, 0.15) is 16.2 Å². The quantitative estimate of drug-likeness (QED) is 0.332. The lowest BCUT2D eigenvalue weighted by molar-refractivity contribution is -0.141. The summed E-state index contributed by atoms with van der Waals surface area (Å²) in [5.41, 5.74) is -0.561. The van der Waals surface area contributed by atoms with Crippen molar-refractivity contribution >= 4 is 34.2 Å². The van der Waals surface area contributed by atoms with Gasteiger partial charge in [0.05, 0.1) is 5.52 Å². The average Bonchev–Trinajstić information content (AvgIpc) is 3.23. The molecule has 35 heavy (non-hydrogen) atoms. The zero-order valence-electron chi connectivity index (χ0n) is 18.2. The molecule has 0 atom stereocenters. The molecule has 0 fully saturated rings. The SMILES string of the molecule is O=C(Cn1cc2cc(NC(=O)c3cccc(C(F)(F)F)n3)ccc2n1)NCCNc1ccccn1. The van der Waals surface area contributed by atoms with Crippen molar-refractivity contribution in [2.45, 2.75) is 12.7 Å². The first-order valence-corrected chi connectivity index (χ1v) is 10.5. The maximum atomic E-state index is 12.8. The van der Waals surface area contributed by atoms with Gasteiger partial charge in [0.2, 0.25) is 5.91 Å². The fourth-order valence-electron chi connectivity index (χ4n) is 3.21. The monoisotopic (exact) mass is 483 g/mol. The van der Waals surface area contributed by atoms with E-state index < -0.39 is 17.8 Å². The highest BCUT2D eigenvalue weighted by Gasteiger charge is 2.32. The summed E-state index contributed by atoms with van der Waals surface area (Å²) >= 11 is 0. The largest absolute Gasteiger partial charge is 0.433 e. The summed E-state index contributed by atoms with van der Waals surface area (Å²) < 4.78 is 40.0. The fourth-order valence-corrected chi connectivity index (χ4v) is 3.21. The van der Waals surface area contributed by atoms with E-state index in [-0.39, 0.29) is 18.1 Å². The highest BCUT2D eigenvalue weighted by molar-refractivity contribution is 6.03. The Morgan fingerprint density at radius 1 is 1.00 bits per heavy atom. The van der Waals surface area contributed by atoms with Gasteiger partial charge in [0.1, 0.15) is 23.8 Å². The van der Waals surface area contributed by atoms with Gasteiger partial charge in [-0.3, -0.25) is 14.3 Å². The van der Waals surface area contributed by atoms with Crippen LogP contribution in [0.5, 0.6) is 0 Å². The van der Waals surface area contributed by atoms with Gasteiger partial charge in [-0.1, -0.05) is 12.1 Å². The standard InChI is InChI=1S/C23H20F3N7O2/c24-23(25,26)19-5-3-4-18(31-19)22(35)30-16-7-8-17-15(12-16)13-33(32-17)14-21(34)29-11-10-28-20-6-1-2-9-27-20/h1-9,12-13H,10-11,14H2,(H,27,28)(H,29,34)(H,30,35). The summed E-state index contributed by atoms with van der Waals surface area (Å²) in [5.74, 6) is -0.293. The topological polar surface area (TPSA) is 114 Å². The van der Waals surface area contributed by atoms with Crippen molar-refractivity contribution in [3.05, 3.63) is 78.4 Å². The maximum absolute atomic E-state index is 12.8. The van der Waals surface area contributed by atoms with Gasteiger partial charge in [-0.25, -0.2) is 9.97 Å². The number of rotatable bonds is 8. The van der Waals surface area contributed by atoms with E-state index in [0.717, 1.165) is 12.1 Å². The van der Waals surface area contributed by atoms with Crippen LogP contribution in [0.25, 0.3) is 10.9 Å². The van der Waals surface area contributed by atoms with Gasteiger partial charge >= 0.3 is 6.18 Å². The average molecular weight is 483 g/mol. The molecular weight excluding hydrogens is 463 g/mol. The van der Waals surface area contributed by atoms with Gasteiger partial charge in [-0.15, -0.1) is 0 Å². The van der Waals surface area contributed by atoms with Crippen LogP contribution >= 0.6 is 0 Å². The third-order valence-electron chi connectivity index (χ3n) is 4.81. The number of benzene rings is 1. The molecule has 0 bridgehead atoms. The van der Waals surface area contributed by atoms with Crippen LogP contribution in [0.2, 0.25) is 0 Å². The van der Waals surface area contributed by atoms with Crippen LogP contribution in [-0.2, 0) is 17.5 Å². The second-order valence-electron chi connectivity index (χ2n) is 7.45. The van der Waals surface area contributed by atoms with Gasteiger partial charge in [0.15, 0.2) is 0 Å². The van der Waals surface area contributed by atoms with Crippen LogP contribution < -0.4 is 16.0 Å². The van der Waals surface area contributed by atoms with Crippen LogP contribution in [0, 0.1) is 0 Å². The number of fused-ring (bicyclic) bond motifs is 1. The molecule has 0 spiro atoms. The molecule has 4 rings (SSSR count). The summed E-state index contributed by atoms with van der Waals surface area (Å²) in [7, 11) is 0. The van der Waals surface area contributed by atoms with E-state index in [1.54, 1.807) is 30.6 Å². The number of carbonyl (C=O) groups excluding carboxylic acids is 2. The molecule has 2 amide bonds. The van der Waals surface area contributed by atoms with E-state index in [9.17, 15) is 22.8 Å². The van der Waals surface area contributed by atoms with Crippen molar-refractivity contribution in [3.8, 4) is 0 Å². The minimum absolute atomic E-state index is 0.00584. The first-order valence-electron chi connectivity index (χ1n) is 10.5. The Kier molecular flexibility index (Phi) is 6.90. The first kappa shape index (κ1) is 23.7. The molecule has 0 aliphatic rings. The van der Waals surface area contributed by atoms with Crippen molar-refractivity contribution in [1.29, 1.82) is 0 Å². The number of alkyl halides is 3. The predicted octanol–water partition coefficient (Wildman–Crippen LogP) is 3.33. The Labute approximate surface area is 197 Å². The second kappa shape index (κ2) is 10.2. The van der Waals surface area contributed by atoms with E-state index in [4.69, 9.17) is 0 Å². The third-order valence-corrected chi connectivity index (χ3v) is 4.81. The number of nitrogens with zero attached hydrogens (tertiary/aromatic N) is 4. The minimum Gasteiger partial charge on any atom is -0.368 e. The van der Waals surface area contributed by atoms with Gasteiger partial charge in [0, 0.05) is 36.6 Å². The van der Waals surface area contributed by atoms with E-state index >= 15 is 0 Å². The molecule has 0 aliphatic heterocycles. The van der Waals surface area contributed by atoms with E-state index in [1.807, 2.05) is 18.2 Å². The zero-order chi connectivity index (χ0) is 24.8. The van der Waals surface area contributed by atoms with Gasteiger partial charge in [-0.2, -0.15) is 18.3 Å². The lowest BCUT2D eigenvalue weighted by Crippen LogP contribution is -2.31. The van der Waals surface area contributed by atoms with Crippen molar-refractivity contribution in [1.82, 2.24) is 25.1 Å². The Hall–Kier alpha value is -4.48. The Morgan fingerprint density at radius 2 is 1.86 bits per heavy atom. The molecule has 0 saturated carbocycles. The fraction of sp³-hybridized carbons (Fsp3) is 0.174. The lowest BCUT2D eigenvalue weighted by atomic mass is 10.2. The highest BCUT2D eigenvalue weighted by atomic mass is 19.4. The number of hydrogen-bond acceptors (Lipinski definition) is 6. The van der Waals surface area contributed by atoms with Gasteiger partial charge < -0.3 is 16.0 Å². The summed E-state index contributed by atoms with van der Waals surface area (Å²) in [5, 5.41) is 13.4. The molecular formula is C23H20F3N7O2.